The molecular formula is C8H11N3O3. The molecular weight excluding hydrogens is 186 g/mol. The molecule has 0 aliphatic carbocycles. The molecule has 0 radical (unpaired) electrons. The van der Waals surface area contributed by atoms with E-state index in [-0.39, 0.29) is 0 Å². The summed E-state index contributed by atoms with van der Waals surface area (Å²) in [5, 5.41) is 4.01. The van der Waals surface area contributed by atoms with Crippen molar-refractivity contribution in [3.63, 3.8) is 0 Å². The second-order valence-corrected chi connectivity index (χ2v) is 3.06. The van der Waals surface area contributed by atoms with Gasteiger partial charge >= 0.3 is 6.03 Å². The molecule has 0 spiro atoms. The Hall–Kier alpha value is -1.85. The van der Waals surface area contributed by atoms with Crippen molar-refractivity contribution in [1.29, 1.82) is 0 Å². The maximum absolute atomic E-state index is 11.3. The van der Waals surface area contributed by atoms with Gasteiger partial charge in [0.1, 0.15) is 0 Å². The molecule has 1 aliphatic rings. The van der Waals surface area contributed by atoms with E-state index in [9.17, 15) is 14.4 Å². The number of carbonyl (C=O) groups excluding carboxylic acids is 3. The standard InChI is InChI=1S/C8H11N3O3/c1-4(2)11(3)5-6(12)9-8(14)10-7(5)13/h5H,1H2,2-3H3,(H2,9,10,12,13,14). The van der Waals surface area contributed by atoms with Crippen molar-refractivity contribution < 1.29 is 14.4 Å². The first-order chi connectivity index (χ1) is 6.43. The van der Waals surface area contributed by atoms with Crippen LogP contribution in [-0.4, -0.2) is 35.8 Å². The Morgan fingerprint density at radius 1 is 1.29 bits per heavy atom. The van der Waals surface area contributed by atoms with Crippen LogP contribution in [0.15, 0.2) is 12.3 Å². The number of barbiturate groups is 1. The van der Waals surface area contributed by atoms with Crippen LogP contribution < -0.4 is 10.6 Å². The number of carbonyl (C=O) groups is 3. The first-order valence-corrected chi connectivity index (χ1v) is 3.97. The number of imide groups is 2. The Kier molecular flexibility index (Phi) is 2.55. The van der Waals surface area contributed by atoms with Gasteiger partial charge in [-0.05, 0) is 6.92 Å². The van der Waals surface area contributed by atoms with Gasteiger partial charge in [0.2, 0.25) is 0 Å². The number of nitrogens with one attached hydrogen (secondary N) is 2. The van der Waals surface area contributed by atoms with Gasteiger partial charge in [0, 0.05) is 12.7 Å². The number of urea groups is 1. The largest absolute Gasteiger partial charge is 0.359 e. The number of allylic oxidation sites excluding steroid dienone is 1. The molecule has 76 valence electrons. The fourth-order valence-electron chi connectivity index (χ4n) is 1.08. The van der Waals surface area contributed by atoms with E-state index in [1.165, 1.54) is 4.90 Å². The molecule has 14 heavy (non-hydrogen) atoms. The summed E-state index contributed by atoms with van der Waals surface area (Å²) in [6, 6.07) is -1.81. The lowest BCUT2D eigenvalue weighted by atomic mass is 10.2. The Morgan fingerprint density at radius 3 is 2.07 bits per heavy atom. The minimum atomic E-state index is -1.02. The SMILES string of the molecule is C=C(C)N(C)C1C(=O)NC(=O)NC1=O. The summed E-state index contributed by atoms with van der Waals surface area (Å²) in [5.41, 5.74) is 0.564. The highest BCUT2D eigenvalue weighted by Gasteiger charge is 2.36. The van der Waals surface area contributed by atoms with Gasteiger partial charge in [0.05, 0.1) is 0 Å². The topological polar surface area (TPSA) is 78.5 Å². The zero-order valence-electron chi connectivity index (χ0n) is 7.96. The first-order valence-electron chi connectivity index (χ1n) is 3.97. The normalized spacial score (nSPS) is 17.4. The average molecular weight is 197 g/mol. The van der Waals surface area contributed by atoms with E-state index >= 15 is 0 Å². The maximum atomic E-state index is 11.3. The van der Waals surface area contributed by atoms with Crippen molar-refractivity contribution >= 4 is 17.8 Å². The molecule has 0 bridgehead atoms. The fourth-order valence-corrected chi connectivity index (χ4v) is 1.08. The predicted octanol–water partition coefficient (Wildman–Crippen LogP) is -0.814. The molecule has 0 aromatic heterocycles. The summed E-state index contributed by atoms with van der Waals surface area (Å²) in [6.45, 7) is 5.26. The molecule has 0 unspecified atom stereocenters. The molecule has 1 saturated heterocycles. The van der Waals surface area contributed by atoms with Gasteiger partial charge in [0.15, 0.2) is 6.04 Å². The minimum Gasteiger partial charge on any atom is -0.359 e. The van der Waals surface area contributed by atoms with Crippen molar-refractivity contribution in [3.8, 4) is 0 Å². The summed E-state index contributed by atoms with van der Waals surface area (Å²) < 4.78 is 0. The molecule has 0 atom stereocenters. The van der Waals surface area contributed by atoms with Crippen molar-refractivity contribution in [2.75, 3.05) is 7.05 Å². The molecule has 4 amide bonds. The maximum Gasteiger partial charge on any atom is 0.328 e. The van der Waals surface area contributed by atoms with Gasteiger partial charge in [-0.1, -0.05) is 6.58 Å². The molecule has 0 aromatic rings. The third kappa shape index (κ3) is 1.73. The summed E-state index contributed by atoms with van der Waals surface area (Å²) in [6.07, 6.45) is 0. The van der Waals surface area contributed by atoms with E-state index in [1.54, 1.807) is 14.0 Å². The average Bonchev–Trinajstić information content (AvgIpc) is 2.01. The summed E-state index contributed by atoms with van der Waals surface area (Å²) >= 11 is 0. The quantitative estimate of drug-likeness (QED) is 0.567. The fraction of sp³-hybridized carbons (Fsp3) is 0.375. The van der Waals surface area contributed by atoms with Gasteiger partial charge in [-0.2, -0.15) is 0 Å². The summed E-state index contributed by atoms with van der Waals surface area (Å²) in [4.78, 5) is 34.7. The monoisotopic (exact) mass is 197 g/mol. The highest BCUT2D eigenvalue weighted by Crippen LogP contribution is 2.06. The second kappa shape index (κ2) is 3.49. The van der Waals surface area contributed by atoms with Crippen molar-refractivity contribution in [3.05, 3.63) is 12.3 Å². The third-order valence-corrected chi connectivity index (χ3v) is 1.96. The number of amides is 4. The molecule has 2 N–H and O–H groups in total. The number of hydrogen-bond donors (Lipinski definition) is 2. The predicted molar refractivity (Wildman–Crippen MR) is 48.0 cm³/mol. The van der Waals surface area contributed by atoms with Gasteiger partial charge in [-0.25, -0.2) is 4.79 Å². The van der Waals surface area contributed by atoms with Gasteiger partial charge in [0.25, 0.3) is 11.8 Å². The Balaban J connectivity index is 2.87. The third-order valence-electron chi connectivity index (χ3n) is 1.96. The molecule has 1 rings (SSSR count). The molecule has 1 aliphatic heterocycles. The van der Waals surface area contributed by atoms with Gasteiger partial charge in [-0.15, -0.1) is 0 Å². The minimum absolute atomic E-state index is 0.564. The van der Waals surface area contributed by atoms with E-state index in [0.717, 1.165) is 0 Å². The Bertz CT molecular complexity index is 304. The van der Waals surface area contributed by atoms with Crippen LogP contribution in [0.5, 0.6) is 0 Å². The van der Waals surface area contributed by atoms with Crippen LogP contribution in [-0.2, 0) is 9.59 Å². The summed E-state index contributed by atoms with van der Waals surface area (Å²) in [5.74, 6) is -1.27. The Morgan fingerprint density at radius 2 is 1.71 bits per heavy atom. The lowest BCUT2D eigenvalue weighted by Crippen LogP contribution is -2.63. The summed E-state index contributed by atoms with van der Waals surface area (Å²) in [7, 11) is 1.56. The molecule has 6 nitrogen and oxygen atoms in total. The zero-order chi connectivity index (χ0) is 10.9. The molecule has 0 saturated carbocycles. The molecule has 0 aromatic carbocycles. The van der Waals surface area contributed by atoms with Crippen molar-refractivity contribution in [2.24, 2.45) is 0 Å². The Labute approximate surface area is 80.9 Å². The van der Waals surface area contributed by atoms with Crippen LogP contribution in [0.1, 0.15) is 6.92 Å². The lowest BCUT2D eigenvalue weighted by Gasteiger charge is -2.30. The molecule has 6 heteroatoms. The highest BCUT2D eigenvalue weighted by atomic mass is 16.2. The van der Waals surface area contributed by atoms with E-state index in [4.69, 9.17) is 0 Å². The molecule has 1 heterocycles. The van der Waals surface area contributed by atoms with Crippen molar-refractivity contribution in [2.45, 2.75) is 13.0 Å². The van der Waals surface area contributed by atoms with E-state index in [1.807, 2.05) is 10.6 Å². The lowest BCUT2D eigenvalue weighted by molar-refractivity contribution is -0.136. The number of nitrogens with zero attached hydrogens (tertiary/aromatic N) is 1. The second-order valence-electron chi connectivity index (χ2n) is 3.06. The van der Waals surface area contributed by atoms with Crippen LogP contribution in [0.25, 0.3) is 0 Å². The van der Waals surface area contributed by atoms with Crippen LogP contribution in [0.2, 0.25) is 0 Å². The van der Waals surface area contributed by atoms with E-state index in [0.29, 0.717) is 5.70 Å². The smallest absolute Gasteiger partial charge is 0.328 e. The van der Waals surface area contributed by atoms with Gasteiger partial charge < -0.3 is 4.90 Å². The van der Waals surface area contributed by atoms with Gasteiger partial charge in [-0.3, -0.25) is 20.2 Å². The van der Waals surface area contributed by atoms with Crippen LogP contribution >= 0.6 is 0 Å². The zero-order valence-corrected chi connectivity index (χ0v) is 7.96. The molecule has 1 fully saturated rings. The van der Waals surface area contributed by atoms with Crippen LogP contribution in [0, 0.1) is 0 Å². The van der Waals surface area contributed by atoms with Crippen LogP contribution in [0.4, 0.5) is 4.79 Å². The first kappa shape index (κ1) is 10.2. The number of likely N-dealkylation sites (N-methyl/N-ethyl adjacent to an activating group) is 1. The number of hydrogen-bond acceptors (Lipinski definition) is 4. The van der Waals surface area contributed by atoms with Crippen LogP contribution in [0.3, 0.4) is 0 Å². The van der Waals surface area contributed by atoms with E-state index in [2.05, 4.69) is 6.58 Å². The number of rotatable bonds is 2. The van der Waals surface area contributed by atoms with E-state index < -0.39 is 23.9 Å². The van der Waals surface area contributed by atoms with Crippen molar-refractivity contribution in [1.82, 2.24) is 15.5 Å². The highest BCUT2D eigenvalue weighted by molar-refractivity contribution is 6.18.